The van der Waals surface area contributed by atoms with Crippen LogP contribution in [0.25, 0.3) is 16.8 Å². The second kappa shape index (κ2) is 8.96. The van der Waals surface area contributed by atoms with Crippen molar-refractivity contribution in [3.8, 4) is 11.1 Å². The molecule has 6 nitrogen and oxygen atoms in total. The van der Waals surface area contributed by atoms with E-state index in [4.69, 9.17) is 4.99 Å². The van der Waals surface area contributed by atoms with E-state index in [1.54, 1.807) is 24.5 Å². The van der Waals surface area contributed by atoms with E-state index < -0.39 is 11.9 Å². The maximum absolute atomic E-state index is 13.9. The van der Waals surface area contributed by atoms with Crippen LogP contribution in [-0.4, -0.2) is 31.4 Å². The fourth-order valence-corrected chi connectivity index (χ4v) is 5.20. The second-order valence-electron chi connectivity index (χ2n) is 8.71. The van der Waals surface area contributed by atoms with Crippen LogP contribution in [-0.2, 0) is 6.54 Å². The van der Waals surface area contributed by atoms with E-state index in [2.05, 4.69) is 27.0 Å². The molecule has 1 N–H and O–H groups in total. The van der Waals surface area contributed by atoms with E-state index in [9.17, 15) is 14.3 Å². The average Bonchev–Trinajstić information content (AvgIpc) is 3.51. The minimum atomic E-state index is -0.699. The number of benzene rings is 2. The summed E-state index contributed by atoms with van der Waals surface area (Å²) >= 11 is 3.28. The molecule has 8 heteroatoms. The molecule has 5 aromatic rings. The lowest BCUT2D eigenvalue weighted by atomic mass is 9.96. The van der Waals surface area contributed by atoms with Gasteiger partial charge in [0.2, 0.25) is 0 Å². The number of aliphatic hydroxyl groups is 1. The topological polar surface area (TPSA) is 71.9 Å². The highest BCUT2D eigenvalue weighted by Gasteiger charge is 2.20. The largest absolute Gasteiger partial charge is 0.394 e. The Morgan fingerprint density at radius 1 is 1.00 bits per heavy atom. The van der Waals surface area contributed by atoms with Crippen LogP contribution in [0, 0.1) is 5.82 Å². The van der Waals surface area contributed by atoms with E-state index in [0.717, 1.165) is 39.2 Å². The third kappa shape index (κ3) is 3.98. The number of imidazole rings is 1. The predicted molar refractivity (Wildman–Crippen MR) is 140 cm³/mol. The van der Waals surface area contributed by atoms with Gasteiger partial charge in [0.1, 0.15) is 11.5 Å². The number of halogens is 2. The molecule has 0 bridgehead atoms. The number of hydrogen-bond acceptors (Lipinski definition) is 4. The Morgan fingerprint density at radius 3 is 2.64 bits per heavy atom. The van der Waals surface area contributed by atoms with Crippen molar-refractivity contribution in [2.45, 2.75) is 12.6 Å². The molecule has 6 rings (SSSR count). The molecule has 1 aliphatic heterocycles. The molecule has 1 aliphatic rings. The molecule has 0 aliphatic carbocycles. The highest BCUT2D eigenvalue weighted by atomic mass is 79.9. The first-order valence-corrected chi connectivity index (χ1v) is 12.2. The molecule has 0 radical (unpaired) electrons. The third-order valence-electron chi connectivity index (χ3n) is 6.49. The molecule has 2 aromatic carbocycles. The van der Waals surface area contributed by atoms with Crippen molar-refractivity contribution in [2.75, 3.05) is 6.61 Å². The first-order chi connectivity index (χ1) is 17.5. The zero-order chi connectivity index (χ0) is 24.8. The fraction of sp³-hybridized carbons (Fsp3) is 0.107. The summed E-state index contributed by atoms with van der Waals surface area (Å²) in [6.07, 6.45) is 7.33. The van der Waals surface area contributed by atoms with Crippen molar-refractivity contribution >= 4 is 27.3 Å². The van der Waals surface area contributed by atoms with Crippen LogP contribution in [0.15, 0.2) is 99.7 Å². The van der Waals surface area contributed by atoms with E-state index in [1.807, 2.05) is 47.1 Å². The zero-order valence-corrected chi connectivity index (χ0v) is 20.6. The van der Waals surface area contributed by atoms with Gasteiger partial charge in [0, 0.05) is 46.5 Å². The van der Waals surface area contributed by atoms with Crippen molar-refractivity contribution in [1.82, 2.24) is 14.0 Å². The van der Waals surface area contributed by atoms with Crippen LogP contribution in [0.2, 0.25) is 0 Å². The monoisotopic (exact) mass is 542 g/mol. The molecule has 0 saturated heterocycles. The van der Waals surface area contributed by atoms with Crippen molar-refractivity contribution in [3.63, 3.8) is 0 Å². The number of aliphatic imine (C=N–C) groups is 1. The van der Waals surface area contributed by atoms with E-state index in [1.165, 1.54) is 16.7 Å². The van der Waals surface area contributed by atoms with Crippen LogP contribution < -0.4 is 5.56 Å². The molecule has 0 spiro atoms. The predicted octanol–water partition coefficient (Wildman–Crippen LogP) is 5.00. The molecule has 0 saturated carbocycles. The minimum Gasteiger partial charge on any atom is -0.394 e. The summed E-state index contributed by atoms with van der Waals surface area (Å²) in [4.78, 5) is 22.2. The Bertz CT molecular complexity index is 1700. The van der Waals surface area contributed by atoms with Gasteiger partial charge in [0.05, 0.1) is 24.9 Å². The lowest BCUT2D eigenvalue weighted by Gasteiger charge is -2.19. The number of rotatable bonds is 5. The minimum absolute atomic E-state index is 0.285. The Morgan fingerprint density at radius 2 is 1.83 bits per heavy atom. The first-order valence-electron chi connectivity index (χ1n) is 11.4. The fourth-order valence-electron chi connectivity index (χ4n) is 4.72. The molecule has 178 valence electrons. The summed E-state index contributed by atoms with van der Waals surface area (Å²) < 4.78 is 17.9. The summed E-state index contributed by atoms with van der Waals surface area (Å²) in [6, 6.07) is 17.1. The summed E-state index contributed by atoms with van der Waals surface area (Å²) in [5.74, 6) is -0.440. The Hall–Kier alpha value is -3.88. The van der Waals surface area contributed by atoms with Crippen molar-refractivity contribution < 1.29 is 9.50 Å². The van der Waals surface area contributed by atoms with Gasteiger partial charge in [-0.25, -0.2) is 9.37 Å². The lowest BCUT2D eigenvalue weighted by Crippen LogP contribution is -2.27. The van der Waals surface area contributed by atoms with Crippen molar-refractivity contribution in [1.29, 1.82) is 0 Å². The summed E-state index contributed by atoms with van der Waals surface area (Å²) in [6.45, 7) is 0.269. The highest BCUT2D eigenvalue weighted by Crippen LogP contribution is 2.29. The quantitative estimate of drug-likeness (QED) is 0.339. The maximum Gasteiger partial charge on any atom is 0.251 e. The van der Waals surface area contributed by atoms with Crippen LogP contribution in [0.1, 0.15) is 28.3 Å². The van der Waals surface area contributed by atoms with Gasteiger partial charge in [-0.15, -0.1) is 0 Å². The molecule has 4 heterocycles. The smallest absolute Gasteiger partial charge is 0.251 e. The second-order valence-corrected chi connectivity index (χ2v) is 9.63. The van der Waals surface area contributed by atoms with E-state index in [0.29, 0.717) is 16.6 Å². The van der Waals surface area contributed by atoms with Crippen molar-refractivity contribution in [2.24, 2.45) is 4.99 Å². The Balaban J connectivity index is 1.35. The molecule has 0 fully saturated rings. The van der Waals surface area contributed by atoms with Crippen molar-refractivity contribution in [3.05, 3.63) is 128 Å². The van der Waals surface area contributed by atoms with Gasteiger partial charge in [0.25, 0.3) is 5.56 Å². The van der Waals surface area contributed by atoms with Crippen LogP contribution in [0.5, 0.6) is 0 Å². The van der Waals surface area contributed by atoms with Gasteiger partial charge in [-0.2, -0.15) is 0 Å². The molecule has 0 unspecified atom stereocenters. The summed E-state index contributed by atoms with van der Waals surface area (Å²) in [7, 11) is 0. The Labute approximate surface area is 214 Å². The summed E-state index contributed by atoms with van der Waals surface area (Å²) in [5, 5.41) is 10.0. The first kappa shape index (κ1) is 22.6. The van der Waals surface area contributed by atoms with Gasteiger partial charge in [0.15, 0.2) is 0 Å². The van der Waals surface area contributed by atoms with E-state index >= 15 is 0 Å². The van der Waals surface area contributed by atoms with Gasteiger partial charge in [-0.1, -0.05) is 28.1 Å². The average molecular weight is 543 g/mol. The molecular formula is C28H20BrFN4O2. The summed E-state index contributed by atoms with van der Waals surface area (Å²) in [5.41, 5.74) is 6.82. The molecule has 1 atom stereocenters. The number of fused-ring (bicyclic) bond motifs is 2. The highest BCUT2D eigenvalue weighted by molar-refractivity contribution is 9.10. The number of nitrogens with zero attached hydrogens (tertiary/aromatic N) is 4. The van der Waals surface area contributed by atoms with E-state index in [-0.39, 0.29) is 12.2 Å². The Kier molecular flexibility index (Phi) is 5.62. The zero-order valence-electron chi connectivity index (χ0n) is 19.0. The van der Waals surface area contributed by atoms with Crippen LogP contribution in [0.3, 0.4) is 0 Å². The molecule has 0 amide bonds. The van der Waals surface area contributed by atoms with Gasteiger partial charge < -0.3 is 14.1 Å². The third-order valence-corrected chi connectivity index (χ3v) is 6.95. The normalized spacial score (nSPS) is 13.6. The van der Waals surface area contributed by atoms with Crippen LogP contribution >= 0.6 is 15.9 Å². The molecular weight excluding hydrogens is 523 g/mol. The standard InChI is InChI=1S/C28H20BrFN4O2/c29-22-9-21(10-23(30)13-22)25(16-35)34-7-5-18(12-27(34)36)17-1-2-19-14-32-28(24(19)11-17)20-3-4-26-31-6-8-33(26)15-20/h1-13,15,25,35H,14,16H2/t25-/m1/s1. The number of pyridine rings is 2. The molecule has 36 heavy (non-hydrogen) atoms. The SMILES string of the molecule is O=c1cc(-c2ccc3c(c2)C(c2ccc4nccn4c2)=NC3)ccn1[C@H](CO)c1cc(F)cc(Br)c1. The van der Waals surface area contributed by atoms with Crippen LogP contribution in [0.4, 0.5) is 4.39 Å². The number of aliphatic hydroxyl groups excluding tert-OH is 1. The van der Waals surface area contributed by atoms with Gasteiger partial charge in [-0.05, 0) is 64.7 Å². The lowest BCUT2D eigenvalue weighted by molar-refractivity contribution is 0.246. The van der Waals surface area contributed by atoms with Gasteiger partial charge in [-0.3, -0.25) is 9.79 Å². The maximum atomic E-state index is 13.9. The molecule has 3 aromatic heterocycles. The van der Waals surface area contributed by atoms with Gasteiger partial charge >= 0.3 is 0 Å². The number of hydrogen-bond donors (Lipinski definition) is 1. The number of aromatic nitrogens is 3.